The van der Waals surface area contributed by atoms with Crippen LogP contribution >= 0.6 is 11.5 Å². The van der Waals surface area contributed by atoms with Crippen LogP contribution in [-0.2, 0) is 17.6 Å². The van der Waals surface area contributed by atoms with Crippen molar-refractivity contribution in [3.8, 4) is 0 Å². The van der Waals surface area contributed by atoms with Gasteiger partial charge in [-0.05, 0) is 79.0 Å². The standard InChI is InChI=1S/C27H34N4OS/c1-19(32)25-27(2,3)18-21-17-20(10-11-23(21)28-25)7-6-12-30-13-15-31(16-14-30)26-22-8-4-5-9-24(22)33-29-26/h4-5,8-11,17,25,28H,6-7,12-16,18H2,1-3H3. The van der Waals surface area contributed by atoms with Crippen LogP contribution in [0.15, 0.2) is 42.5 Å². The summed E-state index contributed by atoms with van der Waals surface area (Å²) in [5, 5.41) is 4.77. The molecule has 0 amide bonds. The third-order valence-electron chi connectivity index (χ3n) is 7.27. The second-order valence-corrected chi connectivity index (χ2v) is 11.1. The lowest BCUT2D eigenvalue weighted by atomic mass is 9.74. The van der Waals surface area contributed by atoms with Crippen LogP contribution in [0.25, 0.3) is 10.1 Å². The Bertz CT molecular complexity index is 1150. The number of Topliss-reactive ketones (excluding diaryl/α,β-unsaturated/α-hetero) is 1. The van der Waals surface area contributed by atoms with Gasteiger partial charge in [-0.1, -0.05) is 38.1 Å². The van der Waals surface area contributed by atoms with Crippen LogP contribution in [0, 0.1) is 5.41 Å². The molecule has 0 saturated carbocycles. The van der Waals surface area contributed by atoms with Crippen molar-refractivity contribution in [2.75, 3.05) is 42.9 Å². The first kappa shape index (κ1) is 22.4. The summed E-state index contributed by atoms with van der Waals surface area (Å²) in [4.78, 5) is 17.1. The van der Waals surface area contributed by atoms with E-state index in [9.17, 15) is 4.79 Å². The molecule has 3 heterocycles. The number of ketones is 1. The molecule has 0 bridgehead atoms. The van der Waals surface area contributed by atoms with Crippen molar-refractivity contribution in [1.82, 2.24) is 9.27 Å². The first-order valence-corrected chi connectivity index (χ1v) is 12.9. The molecule has 0 radical (unpaired) electrons. The molecule has 2 aromatic carbocycles. The van der Waals surface area contributed by atoms with Crippen molar-refractivity contribution in [2.45, 2.75) is 46.1 Å². The van der Waals surface area contributed by atoms with Gasteiger partial charge in [0.2, 0.25) is 0 Å². The molecule has 2 aliphatic rings. The van der Waals surface area contributed by atoms with Crippen LogP contribution in [0.5, 0.6) is 0 Å². The predicted molar refractivity (Wildman–Crippen MR) is 139 cm³/mol. The predicted octanol–water partition coefficient (Wildman–Crippen LogP) is 5.00. The first-order valence-electron chi connectivity index (χ1n) is 12.1. The maximum atomic E-state index is 12.1. The maximum absolute atomic E-state index is 12.1. The number of piperazine rings is 1. The number of hydrogen-bond donors (Lipinski definition) is 1. The molecule has 1 saturated heterocycles. The van der Waals surface area contributed by atoms with Gasteiger partial charge in [-0.15, -0.1) is 0 Å². The van der Waals surface area contributed by atoms with E-state index < -0.39 is 0 Å². The summed E-state index contributed by atoms with van der Waals surface area (Å²) in [6.45, 7) is 11.5. The third-order valence-corrected chi connectivity index (χ3v) is 8.09. The number of anilines is 2. The third kappa shape index (κ3) is 4.64. The number of carbonyl (C=O) groups is 1. The van der Waals surface area contributed by atoms with Crippen LogP contribution in [0.4, 0.5) is 11.5 Å². The average molecular weight is 463 g/mol. The lowest BCUT2D eigenvalue weighted by Crippen LogP contribution is -2.46. The molecule has 5 rings (SSSR count). The summed E-state index contributed by atoms with van der Waals surface area (Å²) in [6, 6.07) is 15.2. The highest BCUT2D eigenvalue weighted by molar-refractivity contribution is 7.13. The number of fused-ring (bicyclic) bond motifs is 2. The SMILES string of the molecule is CC(=O)C1Nc2ccc(CCCN3CCN(c4nsc5ccccc45)CC3)cc2CC1(C)C. The van der Waals surface area contributed by atoms with E-state index in [-0.39, 0.29) is 17.2 Å². The van der Waals surface area contributed by atoms with Crippen LogP contribution in [0.2, 0.25) is 0 Å². The van der Waals surface area contributed by atoms with E-state index in [4.69, 9.17) is 4.37 Å². The molecule has 1 N–H and O–H groups in total. The van der Waals surface area contributed by atoms with Gasteiger partial charge in [-0.2, -0.15) is 4.37 Å². The van der Waals surface area contributed by atoms with Gasteiger partial charge in [0.15, 0.2) is 5.78 Å². The Hall–Kier alpha value is -2.44. The van der Waals surface area contributed by atoms with Crippen LogP contribution in [0.1, 0.15) is 38.3 Å². The molecular formula is C27H34N4OS. The molecule has 0 aliphatic carbocycles. The molecule has 1 atom stereocenters. The summed E-state index contributed by atoms with van der Waals surface area (Å²) in [5.41, 5.74) is 3.82. The topological polar surface area (TPSA) is 48.5 Å². The Labute approximate surface area is 200 Å². The number of nitrogens with one attached hydrogen (secondary N) is 1. The van der Waals surface area contributed by atoms with Crippen molar-refractivity contribution in [2.24, 2.45) is 5.41 Å². The zero-order valence-corrected chi connectivity index (χ0v) is 20.8. The summed E-state index contributed by atoms with van der Waals surface area (Å²) < 4.78 is 6.00. The van der Waals surface area contributed by atoms with Crippen LogP contribution < -0.4 is 10.2 Å². The van der Waals surface area contributed by atoms with Crippen LogP contribution in [0.3, 0.4) is 0 Å². The second-order valence-electron chi connectivity index (χ2n) is 10.3. The van der Waals surface area contributed by atoms with Gasteiger partial charge >= 0.3 is 0 Å². The number of aromatic nitrogens is 1. The molecule has 0 spiro atoms. The van der Waals surface area contributed by atoms with Gasteiger partial charge in [0.25, 0.3) is 0 Å². The van der Waals surface area contributed by atoms with Gasteiger partial charge in [0.05, 0.1) is 10.7 Å². The van der Waals surface area contributed by atoms with Gasteiger partial charge in [-0.25, -0.2) is 0 Å². The number of aryl methyl sites for hydroxylation is 1. The smallest absolute Gasteiger partial charge is 0.152 e. The Morgan fingerprint density at radius 3 is 2.73 bits per heavy atom. The maximum Gasteiger partial charge on any atom is 0.152 e. The zero-order chi connectivity index (χ0) is 23.0. The van der Waals surface area contributed by atoms with Gasteiger partial charge in [0.1, 0.15) is 5.82 Å². The summed E-state index contributed by atoms with van der Waals surface area (Å²) >= 11 is 1.60. The normalized spacial score (nSPS) is 20.5. The van der Waals surface area contributed by atoms with Crippen molar-refractivity contribution >= 4 is 38.9 Å². The largest absolute Gasteiger partial charge is 0.375 e. The number of hydrogen-bond acceptors (Lipinski definition) is 6. The van der Waals surface area contributed by atoms with Gasteiger partial charge < -0.3 is 10.2 Å². The molecule has 5 nitrogen and oxygen atoms in total. The fourth-order valence-corrected chi connectivity index (χ4v) is 6.27. The Morgan fingerprint density at radius 1 is 1.15 bits per heavy atom. The number of carbonyl (C=O) groups excluding carboxylic acids is 1. The lowest BCUT2D eigenvalue weighted by molar-refractivity contribution is -0.120. The fraction of sp³-hybridized carbons (Fsp3) is 0.481. The zero-order valence-electron chi connectivity index (χ0n) is 19.9. The Balaban J connectivity index is 1.13. The molecule has 3 aromatic rings. The molecule has 1 fully saturated rings. The number of benzene rings is 2. The van der Waals surface area contributed by atoms with E-state index in [0.29, 0.717) is 0 Å². The molecule has 174 valence electrons. The second kappa shape index (κ2) is 9.07. The first-order chi connectivity index (χ1) is 15.9. The quantitative estimate of drug-likeness (QED) is 0.558. The molecule has 2 aliphatic heterocycles. The van der Waals surface area contributed by atoms with E-state index in [1.54, 1.807) is 18.5 Å². The van der Waals surface area contributed by atoms with Gasteiger partial charge in [-0.3, -0.25) is 9.69 Å². The highest BCUT2D eigenvalue weighted by Crippen LogP contribution is 2.37. The van der Waals surface area contributed by atoms with Crippen molar-refractivity contribution in [3.63, 3.8) is 0 Å². The van der Waals surface area contributed by atoms with E-state index in [1.165, 1.54) is 27.6 Å². The minimum absolute atomic E-state index is 0.0558. The minimum atomic E-state index is -0.100. The van der Waals surface area contributed by atoms with Crippen molar-refractivity contribution < 1.29 is 4.79 Å². The Kier molecular flexibility index (Phi) is 6.14. The molecular weight excluding hydrogens is 428 g/mol. The summed E-state index contributed by atoms with van der Waals surface area (Å²) in [6.07, 6.45) is 3.22. The van der Waals surface area contributed by atoms with Crippen molar-refractivity contribution in [1.29, 1.82) is 0 Å². The molecule has 6 heteroatoms. The summed E-state index contributed by atoms with van der Waals surface area (Å²) in [7, 11) is 0. The average Bonchev–Trinajstić information content (AvgIpc) is 3.22. The fourth-order valence-electron chi connectivity index (χ4n) is 5.48. The van der Waals surface area contributed by atoms with E-state index in [2.05, 4.69) is 71.4 Å². The number of nitrogens with zero attached hydrogens (tertiary/aromatic N) is 3. The van der Waals surface area contributed by atoms with E-state index >= 15 is 0 Å². The van der Waals surface area contributed by atoms with E-state index in [1.807, 2.05) is 0 Å². The monoisotopic (exact) mass is 462 g/mol. The van der Waals surface area contributed by atoms with Gasteiger partial charge in [0, 0.05) is 37.3 Å². The van der Waals surface area contributed by atoms with Crippen LogP contribution in [-0.4, -0.2) is 53.8 Å². The highest BCUT2D eigenvalue weighted by atomic mass is 32.1. The minimum Gasteiger partial charge on any atom is -0.375 e. The lowest BCUT2D eigenvalue weighted by Gasteiger charge is -2.39. The Morgan fingerprint density at radius 2 is 1.94 bits per heavy atom. The highest BCUT2D eigenvalue weighted by Gasteiger charge is 2.37. The number of rotatable bonds is 6. The van der Waals surface area contributed by atoms with E-state index in [0.717, 1.165) is 57.1 Å². The van der Waals surface area contributed by atoms with Crippen molar-refractivity contribution in [3.05, 3.63) is 53.6 Å². The summed E-state index contributed by atoms with van der Waals surface area (Å²) in [5.74, 6) is 1.38. The molecule has 1 unspecified atom stereocenters. The molecule has 33 heavy (non-hydrogen) atoms. The molecule has 1 aromatic heterocycles.